The van der Waals surface area contributed by atoms with Crippen LogP contribution in [0.5, 0.6) is 0 Å². The topological polar surface area (TPSA) is 118 Å². The second-order valence-corrected chi connectivity index (χ2v) is 9.92. The summed E-state index contributed by atoms with van der Waals surface area (Å²) in [6.45, 7) is 1.85. The maximum Gasteiger partial charge on any atom is 0.276 e. The zero-order valence-corrected chi connectivity index (χ0v) is 18.0. The van der Waals surface area contributed by atoms with Crippen molar-refractivity contribution in [2.24, 2.45) is 11.3 Å². The number of carbonyl (C=O) groups excluding carboxylic acids is 2. The van der Waals surface area contributed by atoms with Crippen LogP contribution >= 0.6 is 0 Å². The first-order valence-electron chi connectivity index (χ1n) is 11.4. The summed E-state index contributed by atoms with van der Waals surface area (Å²) < 4.78 is 1.70. The van der Waals surface area contributed by atoms with Crippen molar-refractivity contribution in [1.29, 1.82) is 0 Å². The predicted octanol–water partition coefficient (Wildman–Crippen LogP) is 2.79. The molecule has 2 spiro atoms. The average molecular weight is 435 g/mol. The number of anilines is 3. The van der Waals surface area contributed by atoms with E-state index in [1.54, 1.807) is 16.7 Å². The van der Waals surface area contributed by atoms with Crippen molar-refractivity contribution in [1.82, 2.24) is 19.9 Å². The number of aromatic nitrogens is 3. The molecule has 3 saturated carbocycles. The van der Waals surface area contributed by atoms with E-state index in [2.05, 4.69) is 25.9 Å². The lowest BCUT2D eigenvalue weighted by Crippen LogP contribution is -2.51. The summed E-state index contributed by atoms with van der Waals surface area (Å²) in [7, 11) is 0. The van der Waals surface area contributed by atoms with Gasteiger partial charge in [0.25, 0.3) is 11.5 Å². The number of pyridine rings is 1. The van der Waals surface area contributed by atoms with Crippen molar-refractivity contribution in [2.45, 2.75) is 64.0 Å². The van der Waals surface area contributed by atoms with Gasteiger partial charge in [-0.05, 0) is 75.3 Å². The molecule has 3 heterocycles. The lowest BCUT2D eigenvalue weighted by atomic mass is 9.78. The van der Waals surface area contributed by atoms with E-state index in [-0.39, 0.29) is 28.7 Å². The van der Waals surface area contributed by atoms with Crippen LogP contribution in [0.3, 0.4) is 0 Å². The number of hydrogen-bond donors (Lipinski definition) is 3. The molecule has 32 heavy (non-hydrogen) atoms. The van der Waals surface area contributed by atoms with Gasteiger partial charge in [0, 0.05) is 12.0 Å². The molecule has 0 bridgehead atoms. The summed E-state index contributed by atoms with van der Waals surface area (Å²) in [5.41, 5.74) is 0.951. The highest BCUT2D eigenvalue weighted by Gasteiger charge is 2.56. The summed E-state index contributed by atoms with van der Waals surface area (Å²) in [5.74, 6) is 0.666. The van der Waals surface area contributed by atoms with Crippen LogP contribution in [0.2, 0.25) is 0 Å². The molecule has 4 aliphatic rings. The second-order valence-electron chi connectivity index (χ2n) is 9.92. The van der Waals surface area contributed by atoms with Gasteiger partial charge in [0.15, 0.2) is 0 Å². The van der Waals surface area contributed by atoms with E-state index < -0.39 is 5.66 Å². The number of fused-ring (bicyclic) bond motifs is 2. The van der Waals surface area contributed by atoms with Crippen LogP contribution in [0.1, 0.15) is 67.4 Å². The van der Waals surface area contributed by atoms with E-state index in [1.807, 2.05) is 6.92 Å². The Bertz CT molecular complexity index is 1210. The van der Waals surface area contributed by atoms with E-state index >= 15 is 0 Å². The van der Waals surface area contributed by atoms with Crippen LogP contribution < -0.4 is 21.5 Å². The average Bonchev–Trinajstić information content (AvgIpc) is 3.67. The molecule has 0 aromatic carbocycles. The molecule has 166 valence electrons. The van der Waals surface area contributed by atoms with Crippen LogP contribution in [0.15, 0.2) is 23.3 Å². The van der Waals surface area contributed by atoms with Gasteiger partial charge in [0.1, 0.15) is 35.0 Å². The third-order valence-corrected chi connectivity index (χ3v) is 7.43. The van der Waals surface area contributed by atoms with E-state index in [9.17, 15) is 14.4 Å². The Labute approximate surface area is 185 Å². The smallest absolute Gasteiger partial charge is 0.276 e. The standard InChI is InChI=1S/C23H26N6O3/c1-13-9-15(26-16-10-17(25-12-24-16)27-19(30)14-3-4-14)21(32)29-18(13)20(31)28-23(29)6-2-5-22(11-23)7-8-22/h9-10,12,14H,2-8,11H2,1H3,(H,28,31)(H2,24,25,26,27,30). The van der Waals surface area contributed by atoms with Gasteiger partial charge in [-0.3, -0.25) is 19.0 Å². The molecule has 2 aromatic heterocycles. The fourth-order valence-corrected chi connectivity index (χ4v) is 5.51. The van der Waals surface area contributed by atoms with Gasteiger partial charge in [0.2, 0.25) is 5.91 Å². The van der Waals surface area contributed by atoms with Crippen LogP contribution in [0, 0.1) is 18.3 Å². The molecule has 3 N–H and O–H groups in total. The van der Waals surface area contributed by atoms with Crippen LogP contribution in [0.4, 0.5) is 17.3 Å². The number of rotatable bonds is 4. The monoisotopic (exact) mass is 434 g/mol. The molecule has 1 atom stereocenters. The summed E-state index contributed by atoms with van der Waals surface area (Å²) >= 11 is 0. The Morgan fingerprint density at radius 2 is 1.91 bits per heavy atom. The van der Waals surface area contributed by atoms with Crippen molar-refractivity contribution < 1.29 is 9.59 Å². The molecular formula is C23H26N6O3. The lowest BCUT2D eigenvalue weighted by molar-refractivity contribution is -0.117. The number of aryl methyl sites for hydroxylation is 1. The van der Waals surface area contributed by atoms with Crippen molar-refractivity contribution in [3.05, 3.63) is 40.1 Å². The SMILES string of the molecule is Cc1cc(Nc2cc(NC(=O)C3CC3)ncn2)c(=O)n2c1C(=O)NC21CCCC2(CC2)C1. The molecule has 9 nitrogen and oxygen atoms in total. The molecule has 1 unspecified atom stereocenters. The van der Waals surface area contributed by atoms with Crippen molar-refractivity contribution in [2.75, 3.05) is 10.6 Å². The zero-order valence-electron chi connectivity index (χ0n) is 18.0. The highest BCUT2D eigenvalue weighted by atomic mass is 16.2. The van der Waals surface area contributed by atoms with Gasteiger partial charge in [-0.1, -0.05) is 0 Å². The molecule has 6 rings (SSSR count). The molecule has 2 amide bonds. The molecule has 3 aliphatic carbocycles. The Hall–Kier alpha value is -3.23. The van der Waals surface area contributed by atoms with Gasteiger partial charge in [0.05, 0.1) is 0 Å². The zero-order chi connectivity index (χ0) is 22.1. The Morgan fingerprint density at radius 3 is 2.66 bits per heavy atom. The van der Waals surface area contributed by atoms with E-state index in [0.29, 0.717) is 23.0 Å². The second kappa shape index (κ2) is 6.63. The molecular weight excluding hydrogens is 408 g/mol. The maximum atomic E-state index is 13.6. The minimum Gasteiger partial charge on any atom is -0.336 e. The first-order valence-corrected chi connectivity index (χ1v) is 11.4. The third-order valence-electron chi connectivity index (χ3n) is 7.43. The third kappa shape index (κ3) is 3.10. The number of nitrogens with one attached hydrogen (secondary N) is 3. The summed E-state index contributed by atoms with van der Waals surface area (Å²) in [6, 6.07) is 3.32. The van der Waals surface area contributed by atoms with Crippen LogP contribution in [-0.4, -0.2) is 26.3 Å². The minimum atomic E-state index is -0.643. The molecule has 0 saturated heterocycles. The summed E-state index contributed by atoms with van der Waals surface area (Å²) in [5, 5.41) is 9.07. The van der Waals surface area contributed by atoms with Gasteiger partial charge in [-0.25, -0.2) is 9.97 Å². The van der Waals surface area contributed by atoms with Crippen molar-refractivity contribution >= 4 is 29.1 Å². The largest absolute Gasteiger partial charge is 0.336 e. The Balaban J connectivity index is 1.35. The van der Waals surface area contributed by atoms with E-state index in [4.69, 9.17) is 0 Å². The van der Waals surface area contributed by atoms with Gasteiger partial charge < -0.3 is 16.0 Å². The first kappa shape index (κ1) is 19.5. The highest BCUT2D eigenvalue weighted by molar-refractivity contribution is 5.97. The number of hydrogen-bond acceptors (Lipinski definition) is 6. The first-order chi connectivity index (χ1) is 15.4. The number of nitrogens with zero attached hydrogens (tertiary/aromatic N) is 3. The fraction of sp³-hybridized carbons (Fsp3) is 0.522. The van der Waals surface area contributed by atoms with Gasteiger partial charge >= 0.3 is 0 Å². The Morgan fingerprint density at radius 1 is 1.12 bits per heavy atom. The molecule has 9 heteroatoms. The normalized spacial score (nSPS) is 24.8. The molecule has 0 radical (unpaired) electrons. The quantitative estimate of drug-likeness (QED) is 0.681. The van der Waals surface area contributed by atoms with Crippen LogP contribution in [0.25, 0.3) is 0 Å². The lowest BCUT2D eigenvalue weighted by Gasteiger charge is -2.39. The van der Waals surface area contributed by atoms with Gasteiger partial charge in [-0.15, -0.1) is 0 Å². The predicted molar refractivity (Wildman–Crippen MR) is 118 cm³/mol. The van der Waals surface area contributed by atoms with Gasteiger partial charge in [-0.2, -0.15) is 0 Å². The Kier molecular flexibility index (Phi) is 4.03. The maximum absolute atomic E-state index is 13.6. The van der Waals surface area contributed by atoms with E-state index in [0.717, 1.165) is 37.7 Å². The minimum absolute atomic E-state index is 0.0408. The summed E-state index contributed by atoms with van der Waals surface area (Å²) in [6.07, 6.45) is 9.25. The van der Waals surface area contributed by atoms with Crippen molar-refractivity contribution in [3.63, 3.8) is 0 Å². The molecule has 2 aromatic rings. The fourth-order valence-electron chi connectivity index (χ4n) is 5.51. The highest BCUT2D eigenvalue weighted by Crippen LogP contribution is 2.60. The molecule has 1 aliphatic heterocycles. The van der Waals surface area contributed by atoms with Crippen LogP contribution in [-0.2, 0) is 10.5 Å². The number of amides is 2. The number of carbonyl (C=O) groups is 2. The van der Waals surface area contributed by atoms with Crippen molar-refractivity contribution in [3.8, 4) is 0 Å². The summed E-state index contributed by atoms with van der Waals surface area (Å²) in [4.78, 5) is 46.9. The van der Waals surface area contributed by atoms with E-state index in [1.165, 1.54) is 25.6 Å². The molecule has 3 fully saturated rings.